The summed E-state index contributed by atoms with van der Waals surface area (Å²) in [5, 5.41) is 0.513. The molecule has 2 nitrogen and oxygen atoms in total. The zero-order valence-corrected chi connectivity index (χ0v) is 10.2. The Kier molecular flexibility index (Phi) is 3.55. The largest absolute Gasteiger partial charge is 0.294 e. The maximum Gasteiger partial charge on any atom is 0.161 e. The van der Waals surface area contributed by atoms with E-state index in [1.807, 2.05) is 30.5 Å². The lowest BCUT2D eigenvalue weighted by Gasteiger charge is -2.04. The molecular weight excluding hydrogens is 234 g/mol. The molecule has 2 aromatic rings. The summed E-state index contributed by atoms with van der Waals surface area (Å²) in [6.07, 6.45) is 4.34. The van der Waals surface area contributed by atoms with E-state index in [2.05, 4.69) is 4.98 Å². The van der Waals surface area contributed by atoms with E-state index in [0.29, 0.717) is 10.6 Å². The first-order valence-electron chi connectivity index (χ1n) is 5.35. The van der Waals surface area contributed by atoms with Gasteiger partial charge in [0.05, 0.1) is 5.02 Å². The SMILES string of the molecule is CC(=O)c1ccc(Cc2cccnc2)cc1Cl. The van der Waals surface area contributed by atoms with Crippen molar-refractivity contribution in [3.8, 4) is 0 Å². The van der Waals surface area contributed by atoms with Crippen molar-refractivity contribution in [3.63, 3.8) is 0 Å². The number of hydrogen-bond acceptors (Lipinski definition) is 2. The Balaban J connectivity index is 2.24. The quantitative estimate of drug-likeness (QED) is 0.775. The molecule has 0 bridgehead atoms. The Hall–Kier alpha value is -1.67. The molecule has 0 N–H and O–H groups in total. The molecule has 0 aliphatic heterocycles. The van der Waals surface area contributed by atoms with Crippen molar-refractivity contribution in [2.45, 2.75) is 13.3 Å². The summed E-state index contributed by atoms with van der Waals surface area (Å²) >= 11 is 6.05. The smallest absolute Gasteiger partial charge is 0.161 e. The molecule has 0 atom stereocenters. The van der Waals surface area contributed by atoms with Crippen LogP contribution in [-0.4, -0.2) is 10.8 Å². The Morgan fingerprint density at radius 1 is 1.29 bits per heavy atom. The predicted octanol–water partition coefficient (Wildman–Crippen LogP) is 3.53. The van der Waals surface area contributed by atoms with Crippen molar-refractivity contribution in [3.05, 3.63) is 64.4 Å². The van der Waals surface area contributed by atoms with Crippen LogP contribution in [0.5, 0.6) is 0 Å². The number of carbonyl (C=O) groups excluding carboxylic acids is 1. The van der Waals surface area contributed by atoms with Gasteiger partial charge in [0.25, 0.3) is 0 Å². The van der Waals surface area contributed by atoms with Crippen LogP contribution in [0.3, 0.4) is 0 Å². The second-order valence-corrected chi connectivity index (χ2v) is 4.32. The minimum atomic E-state index is -0.0112. The minimum Gasteiger partial charge on any atom is -0.294 e. The average Bonchev–Trinajstić information content (AvgIpc) is 2.30. The summed E-state index contributed by atoms with van der Waals surface area (Å²) in [5.41, 5.74) is 2.77. The number of carbonyl (C=O) groups is 1. The van der Waals surface area contributed by atoms with Gasteiger partial charge in [0.1, 0.15) is 0 Å². The monoisotopic (exact) mass is 245 g/mol. The van der Waals surface area contributed by atoms with Crippen molar-refractivity contribution in [1.29, 1.82) is 0 Å². The third kappa shape index (κ3) is 2.92. The Labute approximate surface area is 105 Å². The lowest BCUT2D eigenvalue weighted by Crippen LogP contribution is -1.95. The second kappa shape index (κ2) is 5.11. The highest BCUT2D eigenvalue weighted by molar-refractivity contribution is 6.33. The van der Waals surface area contributed by atoms with E-state index in [-0.39, 0.29) is 5.78 Å². The van der Waals surface area contributed by atoms with Gasteiger partial charge in [-0.25, -0.2) is 0 Å². The Morgan fingerprint density at radius 3 is 2.71 bits per heavy atom. The van der Waals surface area contributed by atoms with E-state index in [0.717, 1.165) is 17.5 Å². The normalized spacial score (nSPS) is 10.2. The van der Waals surface area contributed by atoms with Gasteiger partial charge in [-0.15, -0.1) is 0 Å². The maximum atomic E-state index is 11.2. The fourth-order valence-electron chi connectivity index (χ4n) is 1.69. The first-order valence-corrected chi connectivity index (χ1v) is 5.73. The van der Waals surface area contributed by atoms with E-state index in [9.17, 15) is 4.79 Å². The van der Waals surface area contributed by atoms with Crippen LogP contribution < -0.4 is 0 Å². The molecular formula is C14H12ClNO. The molecule has 0 fully saturated rings. The molecule has 2 rings (SSSR count). The molecule has 1 aromatic heterocycles. The van der Waals surface area contributed by atoms with Crippen LogP contribution >= 0.6 is 11.6 Å². The van der Waals surface area contributed by atoms with Crippen LogP contribution in [0.4, 0.5) is 0 Å². The number of ketones is 1. The van der Waals surface area contributed by atoms with Crippen LogP contribution in [0, 0.1) is 0 Å². The Bertz CT molecular complexity index is 537. The van der Waals surface area contributed by atoms with Gasteiger partial charge in [-0.3, -0.25) is 9.78 Å². The van der Waals surface area contributed by atoms with Crippen molar-refractivity contribution >= 4 is 17.4 Å². The zero-order valence-electron chi connectivity index (χ0n) is 9.48. The van der Waals surface area contributed by atoms with E-state index in [1.54, 1.807) is 12.3 Å². The molecule has 1 aromatic carbocycles. The molecule has 0 spiro atoms. The van der Waals surface area contributed by atoms with Gasteiger partial charge in [-0.1, -0.05) is 23.7 Å². The van der Waals surface area contributed by atoms with E-state index >= 15 is 0 Å². The van der Waals surface area contributed by atoms with E-state index < -0.39 is 0 Å². The molecule has 1 heterocycles. The standard InChI is InChI=1S/C14H12ClNO/c1-10(17)13-5-4-11(8-14(13)15)7-12-3-2-6-16-9-12/h2-6,8-9H,7H2,1H3. The zero-order chi connectivity index (χ0) is 12.3. The first kappa shape index (κ1) is 11.8. The number of benzene rings is 1. The van der Waals surface area contributed by atoms with E-state index in [4.69, 9.17) is 11.6 Å². The molecule has 0 unspecified atom stereocenters. The molecule has 0 aliphatic carbocycles. The summed E-state index contributed by atoms with van der Waals surface area (Å²) < 4.78 is 0. The van der Waals surface area contributed by atoms with Crippen molar-refractivity contribution in [2.75, 3.05) is 0 Å². The molecule has 3 heteroatoms. The molecule has 0 saturated heterocycles. The topological polar surface area (TPSA) is 30.0 Å². The van der Waals surface area contributed by atoms with Gasteiger partial charge in [-0.2, -0.15) is 0 Å². The third-order valence-corrected chi connectivity index (χ3v) is 2.86. The number of Topliss-reactive ketones (excluding diaryl/α,β-unsaturated/α-hetero) is 1. The van der Waals surface area contributed by atoms with Crippen LogP contribution in [0.1, 0.15) is 28.4 Å². The number of nitrogens with zero attached hydrogens (tertiary/aromatic N) is 1. The molecule has 17 heavy (non-hydrogen) atoms. The number of pyridine rings is 1. The summed E-state index contributed by atoms with van der Waals surface area (Å²) in [6.45, 7) is 1.52. The molecule has 86 valence electrons. The van der Waals surface area contributed by atoms with Crippen molar-refractivity contribution < 1.29 is 4.79 Å². The van der Waals surface area contributed by atoms with Gasteiger partial charge < -0.3 is 0 Å². The molecule has 0 radical (unpaired) electrons. The van der Waals surface area contributed by atoms with Crippen LogP contribution in [0.2, 0.25) is 5.02 Å². The third-order valence-electron chi connectivity index (χ3n) is 2.54. The van der Waals surface area contributed by atoms with Crippen LogP contribution in [-0.2, 0) is 6.42 Å². The fraction of sp³-hybridized carbons (Fsp3) is 0.143. The van der Waals surface area contributed by atoms with E-state index in [1.165, 1.54) is 6.92 Å². The first-order chi connectivity index (χ1) is 8.16. The van der Waals surface area contributed by atoms with Crippen LogP contribution in [0.25, 0.3) is 0 Å². The highest BCUT2D eigenvalue weighted by Gasteiger charge is 2.06. The summed E-state index contributed by atoms with van der Waals surface area (Å²) in [7, 11) is 0. The summed E-state index contributed by atoms with van der Waals surface area (Å²) in [6, 6.07) is 9.46. The number of hydrogen-bond donors (Lipinski definition) is 0. The number of aromatic nitrogens is 1. The fourth-order valence-corrected chi connectivity index (χ4v) is 2.03. The van der Waals surface area contributed by atoms with Gasteiger partial charge >= 0.3 is 0 Å². The number of rotatable bonds is 3. The van der Waals surface area contributed by atoms with Crippen molar-refractivity contribution in [2.24, 2.45) is 0 Å². The van der Waals surface area contributed by atoms with Gasteiger partial charge in [0.2, 0.25) is 0 Å². The second-order valence-electron chi connectivity index (χ2n) is 3.91. The van der Waals surface area contributed by atoms with Crippen LogP contribution in [0.15, 0.2) is 42.7 Å². The van der Waals surface area contributed by atoms with Gasteiger partial charge in [-0.05, 0) is 42.7 Å². The minimum absolute atomic E-state index is 0.0112. The van der Waals surface area contributed by atoms with Gasteiger partial charge in [0.15, 0.2) is 5.78 Å². The maximum absolute atomic E-state index is 11.2. The molecule has 0 amide bonds. The number of halogens is 1. The summed E-state index contributed by atoms with van der Waals surface area (Å²) in [5.74, 6) is -0.0112. The lowest BCUT2D eigenvalue weighted by atomic mass is 10.0. The van der Waals surface area contributed by atoms with Crippen molar-refractivity contribution in [1.82, 2.24) is 4.98 Å². The highest BCUT2D eigenvalue weighted by atomic mass is 35.5. The predicted molar refractivity (Wildman–Crippen MR) is 68.5 cm³/mol. The summed E-state index contributed by atoms with van der Waals surface area (Å²) in [4.78, 5) is 15.3. The molecule has 0 aliphatic rings. The lowest BCUT2D eigenvalue weighted by molar-refractivity contribution is 0.101. The average molecular weight is 246 g/mol. The van der Waals surface area contributed by atoms with Gasteiger partial charge in [0, 0.05) is 18.0 Å². The highest BCUT2D eigenvalue weighted by Crippen LogP contribution is 2.20. The Morgan fingerprint density at radius 2 is 2.12 bits per heavy atom. The molecule has 0 saturated carbocycles.